The molecule has 0 bridgehead atoms. The first-order valence-corrected chi connectivity index (χ1v) is 7.33. The van der Waals surface area contributed by atoms with Gasteiger partial charge < -0.3 is 14.8 Å². The first-order valence-electron chi connectivity index (χ1n) is 7.33. The minimum atomic E-state index is -0.421. The van der Waals surface area contributed by atoms with E-state index in [9.17, 15) is 4.79 Å². The summed E-state index contributed by atoms with van der Waals surface area (Å²) < 4.78 is 10.7. The van der Waals surface area contributed by atoms with E-state index in [1.54, 1.807) is 6.92 Å². The van der Waals surface area contributed by atoms with Crippen molar-refractivity contribution in [1.29, 1.82) is 0 Å². The summed E-state index contributed by atoms with van der Waals surface area (Å²) in [5.74, 6) is 0.508. The monoisotopic (exact) mass is 279 g/mol. The summed E-state index contributed by atoms with van der Waals surface area (Å²) in [6, 6.07) is 7.59. The van der Waals surface area contributed by atoms with Gasteiger partial charge in [0, 0.05) is 0 Å². The molecule has 4 heteroatoms. The summed E-state index contributed by atoms with van der Waals surface area (Å²) >= 11 is 0. The minimum Gasteiger partial charge on any atom is -0.491 e. The van der Waals surface area contributed by atoms with E-state index in [-0.39, 0.29) is 12.6 Å². The summed E-state index contributed by atoms with van der Waals surface area (Å²) in [5.41, 5.74) is 1.30. The number of esters is 1. The van der Waals surface area contributed by atoms with Gasteiger partial charge in [0.15, 0.2) is 0 Å². The quantitative estimate of drug-likeness (QED) is 0.706. The van der Waals surface area contributed by atoms with E-state index >= 15 is 0 Å². The number of benzene rings is 1. The standard InChI is InChI=1S/C16H25NO3/c1-4-7-13-8-10-14(11-9-13)20-12-15(17-5-2)16(18)19-6-3/h8-11,15,17H,4-7,12H2,1-3H3. The Morgan fingerprint density at radius 1 is 1.20 bits per heavy atom. The van der Waals surface area contributed by atoms with Gasteiger partial charge in [-0.15, -0.1) is 0 Å². The number of hydrogen-bond donors (Lipinski definition) is 1. The highest BCUT2D eigenvalue weighted by Crippen LogP contribution is 2.13. The Morgan fingerprint density at radius 3 is 2.45 bits per heavy atom. The molecule has 1 rings (SSSR count). The number of carbonyl (C=O) groups is 1. The second kappa shape index (κ2) is 9.37. The van der Waals surface area contributed by atoms with Crippen molar-refractivity contribution < 1.29 is 14.3 Å². The molecule has 0 amide bonds. The fourth-order valence-corrected chi connectivity index (χ4v) is 1.92. The topological polar surface area (TPSA) is 47.6 Å². The summed E-state index contributed by atoms with van der Waals surface area (Å²) in [6.45, 7) is 7.26. The zero-order valence-electron chi connectivity index (χ0n) is 12.6. The molecule has 112 valence electrons. The molecule has 0 aliphatic carbocycles. The number of nitrogens with one attached hydrogen (secondary N) is 1. The maximum atomic E-state index is 11.7. The van der Waals surface area contributed by atoms with Crippen LogP contribution >= 0.6 is 0 Å². The van der Waals surface area contributed by atoms with E-state index in [1.807, 2.05) is 19.1 Å². The van der Waals surface area contributed by atoms with Crippen LogP contribution in [0.5, 0.6) is 5.75 Å². The number of carbonyl (C=O) groups excluding carboxylic acids is 1. The molecule has 0 radical (unpaired) electrons. The van der Waals surface area contributed by atoms with Crippen LogP contribution in [0.25, 0.3) is 0 Å². The van der Waals surface area contributed by atoms with Crippen molar-refractivity contribution in [2.75, 3.05) is 19.8 Å². The zero-order chi connectivity index (χ0) is 14.8. The van der Waals surface area contributed by atoms with Crippen LogP contribution in [0, 0.1) is 0 Å². The second-order valence-electron chi connectivity index (χ2n) is 4.57. The van der Waals surface area contributed by atoms with Gasteiger partial charge in [-0.2, -0.15) is 0 Å². The number of rotatable bonds is 9. The SMILES string of the molecule is CCCc1ccc(OCC(NCC)C(=O)OCC)cc1. The van der Waals surface area contributed by atoms with Gasteiger partial charge >= 0.3 is 5.97 Å². The van der Waals surface area contributed by atoms with Crippen molar-refractivity contribution in [3.05, 3.63) is 29.8 Å². The van der Waals surface area contributed by atoms with Crippen molar-refractivity contribution in [3.63, 3.8) is 0 Å². The Balaban J connectivity index is 2.51. The molecule has 1 unspecified atom stereocenters. The highest BCUT2D eigenvalue weighted by Gasteiger charge is 2.19. The molecule has 0 heterocycles. The molecule has 1 N–H and O–H groups in total. The highest BCUT2D eigenvalue weighted by atomic mass is 16.5. The maximum Gasteiger partial charge on any atom is 0.326 e. The smallest absolute Gasteiger partial charge is 0.326 e. The van der Waals surface area contributed by atoms with Gasteiger partial charge in [0.25, 0.3) is 0 Å². The molecule has 4 nitrogen and oxygen atoms in total. The van der Waals surface area contributed by atoms with Crippen LogP contribution in [0.4, 0.5) is 0 Å². The lowest BCUT2D eigenvalue weighted by Crippen LogP contribution is -2.42. The molecule has 0 aliphatic heterocycles. The summed E-state index contributed by atoms with van der Waals surface area (Å²) in [4.78, 5) is 11.7. The van der Waals surface area contributed by atoms with E-state index in [1.165, 1.54) is 5.56 Å². The van der Waals surface area contributed by atoms with Gasteiger partial charge in [-0.05, 0) is 37.6 Å². The summed E-state index contributed by atoms with van der Waals surface area (Å²) in [7, 11) is 0. The van der Waals surface area contributed by atoms with Crippen molar-refractivity contribution in [3.8, 4) is 5.75 Å². The third-order valence-corrected chi connectivity index (χ3v) is 2.90. The molecule has 0 aliphatic rings. The first kappa shape index (κ1) is 16.5. The predicted molar refractivity (Wildman–Crippen MR) is 80.0 cm³/mol. The van der Waals surface area contributed by atoms with Crippen molar-refractivity contribution >= 4 is 5.97 Å². The molecule has 0 saturated heterocycles. The number of likely N-dealkylation sites (N-methyl/N-ethyl adjacent to an activating group) is 1. The summed E-state index contributed by atoms with van der Waals surface area (Å²) in [6.07, 6.45) is 2.20. The van der Waals surface area contributed by atoms with E-state index in [2.05, 4.69) is 24.4 Å². The van der Waals surface area contributed by atoms with Gasteiger partial charge in [0.2, 0.25) is 0 Å². The van der Waals surface area contributed by atoms with E-state index < -0.39 is 6.04 Å². The van der Waals surface area contributed by atoms with Crippen LogP contribution < -0.4 is 10.1 Å². The lowest BCUT2D eigenvalue weighted by molar-refractivity contribution is -0.146. The van der Waals surface area contributed by atoms with E-state index in [0.717, 1.165) is 18.6 Å². The predicted octanol–water partition coefficient (Wildman–Crippen LogP) is 2.56. The average Bonchev–Trinajstić information content (AvgIpc) is 2.45. The third kappa shape index (κ3) is 5.61. The number of aryl methyl sites for hydroxylation is 1. The summed E-state index contributed by atoms with van der Waals surface area (Å²) in [5, 5.41) is 3.07. The van der Waals surface area contributed by atoms with Crippen LogP contribution in [0.3, 0.4) is 0 Å². The Labute approximate surface area is 121 Å². The van der Waals surface area contributed by atoms with E-state index in [4.69, 9.17) is 9.47 Å². The first-order chi connectivity index (χ1) is 9.71. The Morgan fingerprint density at radius 2 is 1.90 bits per heavy atom. The average molecular weight is 279 g/mol. The van der Waals surface area contributed by atoms with Gasteiger partial charge in [-0.3, -0.25) is 4.79 Å². The zero-order valence-corrected chi connectivity index (χ0v) is 12.6. The van der Waals surface area contributed by atoms with Crippen molar-refractivity contribution in [1.82, 2.24) is 5.32 Å². The van der Waals surface area contributed by atoms with Crippen LogP contribution in [0.2, 0.25) is 0 Å². The van der Waals surface area contributed by atoms with Crippen LogP contribution in [-0.2, 0) is 16.0 Å². The van der Waals surface area contributed by atoms with Gasteiger partial charge in [0.1, 0.15) is 18.4 Å². The molecule has 1 atom stereocenters. The maximum absolute atomic E-state index is 11.7. The van der Waals surface area contributed by atoms with Gasteiger partial charge in [0.05, 0.1) is 6.61 Å². The minimum absolute atomic E-state index is 0.267. The third-order valence-electron chi connectivity index (χ3n) is 2.90. The molecule has 0 aromatic heterocycles. The van der Waals surface area contributed by atoms with Crippen molar-refractivity contribution in [2.24, 2.45) is 0 Å². The van der Waals surface area contributed by atoms with Crippen molar-refractivity contribution in [2.45, 2.75) is 39.7 Å². The molecule has 0 spiro atoms. The highest BCUT2D eigenvalue weighted by molar-refractivity contribution is 5.76. The van der Waals surface area contributed by atoms with Crippen LogP contribution in [0.1, 0.15) is 32.8 Å². The van der Waals surface area contributed by atoms with E-state index in [0.29, 0.717) is 13.2 Å². The Hall–Kier alpha value is -1.55. The molecule has 0 fully saturated rings. The fourth-order valence-electron chi connectivity index (χ4n) is 1.92. The molecule has 1 aromatic rings. The lowest BCUT2D eigenvalue weighted by Gasteiger charge is -2.17. The Kier molecular flexibility index (Phi) is 7.73. The normalized spacial score (nSPS) is 11.9. The number of hydrogen-bond acceptors (Lipinski definition) is 4. The van der Waals surface area contributed by atoms with Crippen LogP contribution in [0.15, 0.2) is 24.3 Å². The number of ether oxygens (including phenoxy) is 2. The van der Waals surface area contributed by atoms with Gasteiger partial charge in [-0.1, -0.05) is 32.4 Å². The Bertz CT molecular complexity index is 389. The fraction of sp³-hybridized carbons (Fsp3) is 0.562. The second-order valence-corrected chi connectivity index (χ2v) is 4.57. The lowest BCUT2D eigenvalue weighted by atomic mass is 10.1. The van der Waals surface area contributed by atoms with Crippen LogP contribution in [-0.4, -0.2) is 31.8 Å². The molecule has 1 aromatic carbocycles. The molecule has 20 heavy (non-hydrogen) atoms. The largest absolute Gasteiger partial charge is 0.491 e. The molecular weight excluding hydrogens is 254 g/mol. The molecule has 0 saturated carbocycles. The molecular formula is C16H25NO3. The van der Waals surface area contributed by atoms with Gasteiger partial charge in [-0.25, -0.2) is 0 Å².